The second-order valence-electron chi connectivity index (χ2n) is 3.20. The van der Waals surface area contributed by atoms with Crippen LogP contribution in [0, 0.1) is 0 Å². The van der Waals surface area contributed by atoms with E-state index in [4.69, 9.17) is 5.73 Å². The van der Waals surface area contributed by atoms with E-state index in [9.17, 15) is 13.2 Å². The average molecular weight is 214 g/mol. The molecule has 0 aromatic heterocycles. The van der Waals surface area contributed by atoms with Gasteiger partial charge < -0.3 is 5.73 Å². The molecular weight excluding hydrogens is 203 g/mol. The summed E-state index contributed by atoms with van der Waals surface area (Å²) >= 11 is 0. The monoisotopic (exact) mass is 214 g/mol. The Morgan fingerprint density at radius 1 is 1.40 bits per heavy atom. The van der Waals surface area contributed by atoms with Crippen molar-refractivity contribution in [2.45, 2.75) is 18.6 Å². The fourth-order valence-corrected chi connectivity index (χ4v) is 1.23. The predicted molar refractivity (Wildman–Crippen MR) is 53.3 cm³/mol. The zero-order valence-electron chi connectivity index (χ0n) is 8.01. The van der Waals surface area contributed by atoms with Crippen molar-refractivity contribution in [3.63, 3.8) is 0 Å². The summed E-state index contributed by atoms with van der Waals surface area (Å²) in [7, 11) is 0. The molecule has 0 aliphatic heterocycles. The topological polar surface area (TPSA) is 23.8 Å². The summed E-state index contributed by atoms with van der Waals surface area (Å²) < 4.78 is 37.0. The first-order chi connectivity index (χ1) is 6.95. The van der Waals surface area contributed by atoms with Crippen LogP contribution in [0.2, 0.25) is 0 Å². The molecule has 0 aliphatic carbocycles. The van der Waals surface area contributed by atoms with Gasteiger partial charge in [0.25, 0.3) is 0 Å². The first kappa shape index (κ1) is 11.8. The third-order valence-corrected chi connectivity index (χ3v) is 2.02. The van der Waals surface area contributed by atoms with E-state index >= 15 is 0 Å². The molecule has 0 amide bonds. The first-order valence-corrected chi connectivity index (χ1v) is 4.44. The molecule has 0 bridgehead atoms. The molecule has 15 heavy (non-hydrogen) atoms. The molecule has 0 spiro atoms. The van der Waals surface area contributed by atoms with Crippen molar-refractivity contribution in [1.29, 1.82) is 0 Å². The minimum atomic E-state index is -4.34. The molecule has 1 rings (SSSR count). The quantitative estimate of drug-likeness (QED) is 0.667. The molecule has 1 aromatic carbocycles. The zero-order valence-corrected chi connectivity index (χ0v) is 8.01. The van der Waals surface area contributed by atoms with Crippen LogP contribution in [-0.2, 0) is 6.18 Å². The Bertz CT molecular complexity index is 344. The molecular formula is C11H11F3N-. The minimum absolute atomic E-state index is 0.349. The van der Waals surface area contributed by atoms with Crippen molar-refractivity contribution >= 4 is 0 Å². The Morgan fingerprint density at radius 2 is 2.07 bits per heavy atom. The normalized spacial score (nSPS) is 13.6. The van der Waals surface area contributed by atoms with Crippen molar-refractivity contribution in [3.05, 3.63) is 53.8 Å². The highest BCUT2D eigenvalue weighted by atomic mass is 19.4. The van der Waals surface area contributed by atoms with E-state index < -0.39 is 17.8 Å². The van der Waals surface area contributed by atoms with Crippen LogP contribution in [0.4, 0.5) is 13.2 Å². The van der Waals surface area contributed by atoms with Gasteiger partial charge in [0.2, 0.25) is 0 Å². The second kappa shape index (κ2) is 4.49. The highest BCUT2D eigenvalue weighted by Crippen LogP contribution is 2.31. The van der Waals surface area contributed by atoms with Crippen molar-refractivity contribution in [1.82, 2.24) is 0 Å². The van der Waals surface area contributed by atoms with E-state index in [1.165, 1.54) is 18.2 Å². The van der Waals surface area contributed by atoms with Crippen molar-refractivity contribution in [2.24, 2.45) is 0 Å². The maximum atomic E-state index is 12.3. The molecule has 4 heteroatoms. The summed E-state index contributed by atoms with van der Waals surface area (Å²) in [5.74, 6) is 0. The molecule has 0 heterocycles. The molecule has 82 valence electrons. The smallest absolute Gasteiger partial charge is 0.416 e. The predicted octanol–water partition coefficient (Wildman–Crippen LogP) is 4.37. The molecule has 0 radical (unpaired) electrons. The Labute approximate surface area is 86.4 Å². The molecule has 0 saturated heterocycles. The third-order valence-electron chi connectivity index (χ3n) is 2.02. The molecule has 1 aromatic rings. The SMILES string of the molecule is C=CC[C@H]([NH-])c1cccc(C(F)(F)F)c1. The molecule has 0 aliphatic rings. The highest BCUT2D eigenvalue weighted by Gasteiger charge is 2.30. The molecule has 1 N–H and O–H groups in total. The van der Waals surface area contributed by atoms with Gasteiger partial charge in [-0.25, -0.2) is 0 Å². The standard InChI is InChI=1S/C11H11F3N/c1-2-4-10(15)8-5-3-6-9(7-8)11(12,13)14/h2-3,5-7,10,15H,1,4H2/q-1/t10-/m0/s1. The Morgan fingerprint density at radius 3 is 2.60 bits per heavy atom. The van der Waals surface area contributed by atoms with E-state index in [2.05, 4.69) is 6.58 Å². The Balaban J connectivity index is 2.97. The summed E-state index contributed by atoms with van der Waals surface area (Å²) in [5.41, 5.74) is 7.23. The first-order valence-electron chi connectivity index (χ1n) is 4.44. The molecule has 0 fully saturated rings. The number of alkyl halides is 3. The number of benzene rings is 1. The van der Waals surface area contributed by atoms with Crippen LogP contribution in [0.25, 0.3) is 5.73 Å². The zero-order chi connectivity index (χ0) is 11.5. The maximum absolute atomic E-state index is 12.3. The maximum Gasteiger partial charge on any atom is 0.416 e. The largest absolute Gasteiger partial charge is 0.671 e. The van der Waals surface area contributed by atoms with Crippen LogP contribution in [0.1, 0.15) is 23.6 Å². The van der Waals surface area contributed by atoms with E-state index in [1.54, 1.807) is 0 Å². The minimum Gasteiger partial charge on any atom is -0.671 e. The molecule has 1 atom stereocenters. The van der Waals surface area contributed by atoms with Gasteiger partial charge in [-0.05, 0) is 12.5 Å². The van der Waals surface area contributed by atoms with Crippen molar-refractivity contribution in [3.8, 4) is 0 Å². The van der Waals surface area contributed by atoms with Crippen molar-refractivity contribution in [2.75, 3.05) is 0 Å². The molecule has 1 nitrogen and oxygen atoms in total. The van der Waals surface area contributed by atoms with Crippen LogP contribution < -0.4 is 0 Å². The lowest BCUT2D eigenvalue weighted by Gasteiger charge is -2.19. The lowest BCUT2D eigenvalue weighted by atomic mass is 10.0. The summed E-state index contributed by atoms with van der Waals surface area (Å²) in [6, 6.07) is 4.19. The molecule has 0 unspecified atom stereocenters. The van der Waals surface area contributed by atoms with Gasteiger partial charge in [0.1, 0.15) is 0 Å². The van der Waals surface area contributed by atoms with Gasteiger partial charge in [-0.3, -0.25) is 0 Å². The van der Waals surface area contributed by atoms with Gasteiger partial charge in [-0.15, -0.1) is 12.6 Å². The van der Waals surface area contributed by atoms with E-state index in [0.29, 0.717) is 12.0 Å². The summed E-state index contributed by atoms with van der Waals surface area (Å²) in [4.78, 5) is 0. The van der Waals surface area contributed by atoms with Gasteiger partial charge in [0.15, 0.2) is 0 Å². The highest BCUT2D eigenvalue weighted by molar-refractivity contribution is 5.29. The summed E-state index contributed by atoms with van der Waals surface area (Å²) in [5, 5.41) is 0. The summed E-state index contributed by atoms with van der Waals surface area (Å²) in [6.07, 6.45) is -2.47. The number of nitrogens with one attached hydrogen (secondary N) is 1. The van der Waals surface area contributed by atoms with Crippen LogP contribution in [0.15, 0.2) is 36.9 Å². The number of hydrogen-bond acceptors (Lipinski definition) is 0. The van der Waals surface area contributed by atoms with Gasteiger partial charge in [-0.2, -0.15) is 13.2 Å². The fraction of sp³-hybridized carbons (Fsp3) is 0.273. The van der Waals surface area contributed by atoms with Gasteiger partial charge in [0.05, 0.1) is 5.56 Å². The van der Waals surface area contributed by atoms with Crippen molar-refractivity contribution < 1.29 is 13.2 Å². The number of rotatable bonds is 3. The average Bonchev–Trinajstić information content (AvgIpc) is 2.17. The van der Waals surface area contributed by atoms with Gasteiger partial charge in [0, 0.05) is 0 Å². The summed E-state index contributed by atoms with van der Waals surface area (Å²) in [6.45, 7) is 3.46. The molecule has 0 saturated carbocycles. The Kier molecular flexibility index (Phi) is 3.52. The lowest BCUT2D eigenvalue weighted by Crippen LogP contribution is -2.05. The number of halogens is 3. The Hall–Kier alpha value is -1.29. The van der Waals surface area contributed by atoms with E-state index in [0.717, 1.165) is 12.1 Å². The fourth-order valence-electron chi connectivity index (χ4n) is 1.23. The second-order valence-corrected chi connectivity index (χ2v) is 3.20. The number of hydrogen-bond donors (Lipinski definition) is 0. The van der Waals surface area contributed by atoms with E-state index in [1.807, 2.05) is 0 Å². The third kappa shape index (κ3) is 3.09. The van der Waals surface area contributed by atoms with Gasteiger partial charge in [-0.1, -0.05) is 29.8 Å². The van der Waals surface area contributed by atoms with Crippen LogP contribution in [0.5, 0.6) is 0 Å². The van der Waals surface area contributed by atoms with E-state index in [-0.39, 0.29) is 0 Å². The van der Waals surface area contributed by atoms with Crippen LogP contribution >= 0.6 is 0 Å². The van der Waals surface area contributed by atoms with Crippen LogP contribution in [-0.4, -0.2) is 0 Å². The lowest BCUT2D eigenvalue weighted by molar-refractivity contribution is -0.137. The van der Waals surface area contributed by atoms with Crippen LogP contribution in [0.3, 0.4) is 0 Å². The van der Waals surface area contributed by atoms with Gasteiger partial charge >= 0.3 is 6.18 Å².